The topological polar surface area (TPSA) is 119 Å². The van der Waals surface area contributed by atoms with Crippen molar-refractivity contribution in [3.8, 4) is 11.1 Å². The summed E-state index contributed by atoms with van der Waals surface area (Å²) in [6.45, 7) is 34.6. The first-order valence-electron chi connectivity index (χ1n) is 19.4. The van der Waals surface area contributed by atoms with Crippen LogP contribution in [0.15, 0.2) is 48.8 Å². The van der Waals surface area contributed by atoms with Gasteiger partial charge in [-0.2, -0.15) is 0 Å². The van der Waals surface area contributed by atoms with Crippen molar-refractivity contribution < 1.29 is 18.0 Å². The molecule has 2 aromatic carbocycles. The normalized spacial score (nSPS) is 21.1. The Morgan fingerprint density at radius 2 is 1.37 bits per heavy atom. The highest BCUT2D eigenvalue weighted by molar-refractivity contribution is 6.75. The van der Waals surface area contributed by atoms with E-state index < -0.39 is 49.5 Å². The number of nitrogens with two attached hydrogens (primary N) is 1. The van der Waals surface area contributed by atoms with Crippen LogP contribution in [0.25, 0.3) is 22.3 Å². The van der Waals surface area contributed by atoms with E-state index in [9.17, 15) is 0 Å². The smallest absolute Gasteiger partial charge is 0.212 e. The van der Waals surface area contributed by atoms with Gasteiger partial charge in [0.2, 0.25) is 5.95 Å². The van der Waals surface area contributed by atoms with Crippen molar-refractivity contribution in [2.45, 2.75) is 148 Å². The number of rotatable bonds is 10. The molecule has 294 valence electrons. The predicted molar refractivity (Wildman–Crippen MR) is 229 cm³/mol. The van der Waals surface area contributed by atoms with Gasteiger partial charge in [-0.1, -0.05) is 92.6 Å². The van der Waals surface area contributed by atoms with Crippen LogP contribution < -0.4 is 11.1 Å². The number of imidazole rings is 1. The van der Waals surface area contributed by atoms with Gasteiger partial charge in [-0.25, -0.2) is 15.0 Å². The summed E-state index contributed by atoms with van der Waals surface area (Å²) in [6.07, 6.45) is 0.423. The molecule has 0 amide bonds. The molecule has 0 spiro atoms. The minimum Gasteiger partial charge on any atom is -0.414 e. The second-order valence-corrected chi connectivity index (χ2v) is 34.2. The van der Waals surface area contributed by atoms with E-state index in [1.54, 1.807) is 0 Å². The molecule has 1 saturated heterocycles. The third kappa shape index (κ3) is 7.61. The van der Waals surface area contributed by atoms with Gasteiger partial charge in [-0.15, -0.1) is 0 Å². The van der Waals surface area contributed by atoms with Gasteiger partial charge in [0.25, 0.3) is 0 Å². The van der Waals surface area contributed by atoms with Gasteiger partial charge in [-0.05, 0) is 95.2 Å². The molecule has 0 unspecified atom stereocenters. The number of fused-ring (bicyclic) bond motifs is 4. The fourth-order valence-electron chi connectivity index (χ4n) is 6.47. The molecule has 10 nitrogen and oxygen atoms in total. The summed E-state index contributed by atoms with van der Waals surface area (Å²) in [5.41, 5.74) is 13.7. The Morgan fingerprint density at radius 1 is 0.778 bits per heavy atom. The molecule has 0 radical (unpaired) electrons. The summed E-state index contributed by atoms with van der Waals surface area (Å²) >= 11 is 0. The van der Waals surface area contributed by atoms with E-state index in [0.717, 1.165) is 12.1 Å². The minimum absolute atomic E-state index is 0.0289. The quantitative estimate of drug-likeness (QED) is 0.133. The van der Waals surface area contributed by atoms with Crippen molar-refractivity contribution in [1.82, 2.24) is 19.5 Å². The molecule has 0 saturated carbocycles. The average molecular weight is 789 g/mol. The molecule has 3 heterocycles. The number of anilines is 3. The highest BCUT2D eigenvalue weighted by Crippen LogP contribution is 2.48. The number of hydrogen-bond donors (Lipinski definition) is 2. The molecule has 13 heteroatoms. The van der Waals surface area contributed by atoms with Gasteiger partial charge < -0.3 is 29.1 Å². The molecular weight excluding hydrogens is 725 g/mol. The number of hydrogen-bond acceptors (Lipinski definition) is 9. The number of nitrogens with zero attached hydrogens (tertiary/aromatic N) is 4. The van der Waals surface area contributed by atoms with Crippen LogP contribution in [0.5, 0.6) is 0 Å². The number of aromatic nitrogens is 4. The maximum atomic E-state index is 7.50. The van der Waals surface area contributed by atoms with Crippen LogP contribution >= 0.6 is 0 Å². The monoisotopic (exact) mass is 788 g/mol. The summed E-state index contributed by atoms with van der Waals surface area (Å²) in [7, 11) is -6.91. The Kier molecular flexibility index (Phi) is 10.5. The van der Waals surface area contributed by atoms with E-state index >= 15 is 0 Å². The first kappa shape index (κ1) is 40.7. The van der Waals surface area contributed by atoms with E-state index in [-0.39, 0.29) is 15.1 Å². The first-order valence-corrected chi connectivity index (χ1v) is 28.2. The Morgan fingerprint density at radius 3 is 2.00 bits per heavy atom. The lowest BCUT2D eigenvalue weighted by molar-refractivity contribution is -0.0460. The Hall–Kier alpha value is -2.92. The van der Waals surface area contributed by atoms with Crippen molar-refractivity contribution in [3.63, 3.8) is 0 Å². The lowest BCUT2D eigenvalue weighted by atomic mass is 10.1. The highest BCUT2D eigenvalue weighted by Gasteiger charge is 2.55. The van der Waals surface area contributed by atoms with Crippen LogP contribution in [0.3, 0.4) is 0 Å². The van der Waals surface area contributed by atoms with Gasteiger partial charge in [0.15, 0.2) is 48.2 Å². The zero-order chi connectivity index (χ0) is 39.8. The van der Waals surface area contributed by atoms with Crippen molar-refractivity contribution in [2.24, 2.45) is 0 Å². The summed E-state index contributed by atoms with van der Waals surface area (Å²) in [6, 6.07) is 15.1. The molecule has 1 aliphatic heterocycles. The predicted octanol–water partition coefficient (Wildman–Crippen LogP) is 10.4. The lowest BCUT2D eigenvalue weighted by Crippen LogP contribution is -2.54. The lowest BCUT2D eigenvalue weighted by Gasteiger charge is -2.44. The molecule has 54 heavy (non-hydrogen) atoms. The van der Waals surface area contributed by atoms with Crippen LogP contribution in [0.1, 0.15) is 79.7 Å². The molecule has 4 atom stereocenters. The fraction of sp³-hybridized carbons (Fsp3) is 0.585. The van der Waals surface area contributed by atoms with E-state index in [0.29, 0.717) is 29.5 Å². The van der Waals surface area contributed by atoms with E-state index in [1.165, 1.54) is 28.6 Å². The van der Waals surface area contributed by atoms with Crippen LogP contribution in [0.2, 0.25) is 54.4 Å². The standard InChI is InChI=1S/C41H64N6O4Si3/c1-39(2,3)52(10,11)48-24-31-33(50-53(12,13)40(4,5)6)34(51-54(14,15)41(7,8)9)37(49-31)47-36-32(35(42)43-25-44-36)46-38(47)45-28-20-21-30-27(23-28)22-26-18-16-17-19-29(26)30/h16-21,23,25,31,33-34,37H,22,24H2,1-15H3,(H,45,46)(H2,42,43,44)/t31-,33-,34-,37-/m1/s1. The summed E-state index contributed by atoms with van der Waals surface area (Å²) in [5.74, 6) is 0.858. The average Bonchev–Trinajstić information content (AvgIpc) is 3.69. The number of ether oxygens (including phenoxy) is 1. The Balaban J connectivity index is 1.49. The number of benzene rings is 2. The van der Waals surface area contributed by atoms with Gasteiger partial charge >= 0.3 is 0 Å². The first-order chi connectivity index (χ1) is 24.8. The highest BCUT2D eigenvalue weighted by atomic mass is 28.4. The molecule has 2 aliphatic rings. The number of nitrogen functional groups attached to an aromatic ring is 1. The van der Waals surface area contributed by atoms with Crippen LogP contribution in [0.4, 0.5) is 17.5 Å². The summed E-state index contributed by atoms with van der Waals surface area (Å²) in [5, 5.41) is 3.58. The van der Waals surface area contributed by atoms with Crippen molar-refractivity contribution in [2.75, 3.05) is 17.7 Å². The van der Waals surface area contributed by atoms with Gasteiger partial charge in [-0.3, -0.25) is 4.57 Å². The molecule has 2 aromatic heterocycles. The maximum Gasteiger partial charge on any atom is 0.212 e. The van der Waals surface area contributed by atoms with Crippen molar-refractivity contribution in [1.29, 1.82) is 0 Å². The zero-order valence-corrected chi connectivity index (χ0v) is 38.3. The molecule has 1 aliphatic carbocycles. The molecule has 0 bridgehead atoms. The van der Waals surface area contributed by atoms with E-state index in [2.05, 4.69) is 154 Å². The van der Waals surface area contributed by atoms with Crippen LogP contribution in [0, 0.1) is 0 Å². The SMILES string of the molecule is CC(C)(C)[Si](C)(C)OC[C@H]1O[C@@H](n2c(Nc3ccc4c(c3)Cc3ccccc3-4)nc3c(N)ncnc32)[C@H](O[Si](C)(C)C(C)(C)C)[C@@H]1O[Si](C)(C)C(C)(C)C. The summed E-state index contributed by atoms with van der Waals surface area (Å²) in [4.78, 5) is 14.2. The third-order valence-corrected chi connectivity index (χ3v) is 26.4. The van der Waals surface area contributed by atoms with E-state index in [1.807, 2.05) is 4.57 Å². The zero-order valence-electron chi connectivity index (χ0n) is 35.3. The molecular formula is C41H64N6O4Si3. The molecule has 4 aromatic rings. The largest absolute Gasteiger partial charge is 0.414 e. The van der Waals surface area contributed by atoms with Crippen molar-refractivity contribution in [3.05, 3.63) is 59.9 Å². The Labute approximate surface area is 326 Å². The Bertz CT molecular complexity index is 2010. The van der Waals surface area contributed by atoms with Crippen molar-refractivity contribution >= 4 is 53.6 Å². The van der Waals surface area contributed by atoms with Crippen LogP contribution in [-0.4, -0.2) is 69.4 Å². The third-order valence-electron chi connectivity index (χ3n) is 13.0. The van der Waals surface area contributed by atoms with Gasteiger partial charge in [0, 0.05) is 5.69 Å². The van der Waals surface area contributed by atoms with E-state index in [4.69, 9.17) is 33.7 Å². The minimum atomic E-state index is -2.41. The fourth-order valence-corrected chi connectivity index (χ4v) is 10.1. The second-order valence-electron chi connectivity index (χ2n) is 19.9. The number of nitrogens with one attached hydrogen (secondary N) is 1. The van der Waals surface area contributed by atoms with Gasteiger partial charge in [0.05, 0.1) is 6.61 Å². The molecule has 6 rings (SSSR count). The molecule has 3 N–H and O–H groups in total. The maximum absolute atomic E-state index is 7.50. The second kappa shape index (κ2) is 13.9. The summed E-state index contributed by atoms with van der Waals surface area (Å²) < 4.78 is 31.2. The van der Waals surface area contributed by atoms with Gasteiger partial charge in [0.1, 0.15) is 24.6 Å². The van der Waals surface area contributed by atoms with Crippen LogP contribution in [-0.2, 0) is 24.4 Å². The molecule has 1 fully saturated rings.